The highest BCUT2D eigenvalue weighted by molar-refractivity contribution is 7.13. The molecule has 8 nitrogen and oxygen atoms in total. The summed E-state index contributed by atoms with van der Waals surface area (Å²) in [6.45, 7) is 0.991. The van der Waals surface area contributed by atoms with Crippen LogP contribution in [0.4, 0.5) is 27.3 Å². The van der Waals surface area contributed by atoms with E-state index in [4.69, 9.17) is 10.5 Å². The number of carbonyl (C=O) groups is 2. The zero-order valence-electron chi connectivity index (χ0n) is 18.5. The van der Waals surface area contributed by atoms with E-state index in [0.717, 1.165) is 15.8 Å². The Morgan fingerprint density at radius 3 is 2.66 bits per heavy atom. The Bertz CT molecular complexity index is 1390. The standard InChI is InChI=1S/C25H22FN5O3S/c26-20-4-2-1-3-18(20)23(28-16-7-10-21-19(13-16)24(27)30-35-21)25(33)29-15-5-8-17(9-6-15)31-11-12-34-14-22(31)32/h1-10,13,23,28H,11-12,14H2,(H2,27,30)(H,29,33). The summed E-state index contributed by atoms with van der Waals surface area (Å²) in [5.74, 6) is -0.657. The molecule has 1 fully saturated rings. The van der Waals surface area contributed by atoms with Crippen molar-refractivity contribution in [3.05, 3.63) is 78.1 Å². The van der Waals surface area contributed by atoms with Gasteiger partial charge in [0.2, 0.25) is 0 Å². The van der Waals surface area contributed by atoms with Crippen molar-refractivity contribution >= 4 is 56.3 Å². The minimum atomic E-state index is -1.01. The van der Waals surface area contributed by atoms with Crippen molar-refractivity contribution in [1.82, 2.24) is 4.37 Å². The summed E-state index contributed by atoms with van der Waals surface area (Å²) in [5, 5.41) is 6.74. The first-order chi connectivity index (χ1) is 17.0. The van der Waals surface area contributed by atoms with Crippen LogP contribution >= 0.6 is 11.5 Å². The molecular weight excluding hydrogens is 469 g/mol. The molecule has 35 heavy (non-hydrogen) atoms. The molecule has 1 aromatic heterocycles. The molecule has 0 spiro atoms. The van der Waals surface area contributed by atoms with Crippen LogP contribution in [0.5, 0.6) is 0 Å². The van der Waals surface area contributed by atoms with Gasteiger partial charge in [-0.2, -0.15) is 4.37 Å². The number of aromatic nitrogens is 1. The summed E-state index contributed by atoms with van der Waals surface area (Å²) >= 11 is 1.29. The van der Waals surface area contributed by atoms with Crippen molar-refractivity contribution in [3.8, 4) is 0 Å². The highest BCUT2D eigenvalue weighted by atomic mass is 32.1. The van der Waals surface area contributed by atoms with Gasteiger partial charge >= 0.3 is 0 Å². The molecule has 4 aromatic rings. The fraction of sp³-hybridized carbons (Fsp3) is 0.160. The second kappa shape index (κ2) is 9.69. The first-order valence-electron chi connectivity index (χ1n) is 10.9. The number of benzene rings is 3. The number of nitrogens with two attached hydrogens (primary N) is 1. The van der Waals surface area contributed by atoms with Gasteiger partial charge in [0.25, 0.3) is 11.8 Å². The molecular formula is C25H22FN5O3S. The number of fused-ring (bicyclic) bond motifs is 1. The zero-order valence-corrected chi connectivity index (χ0v) is 19.3. The van der Waals surface area contributed by atoms with E-state index in [0.29, 0.717) is 30.3 Å². The van der Waals surface area contributed by atoms with Crippen LogP contribution in [-0.2, 0) is 14.3 Å². The molecule has 1 aliphatic rings. The summed E-state index contributed by atoms with van der Waals surface area (Å²) in [7, 11) is 0. The van der Waals surface area contributed by atoms with Gasteiger partial charge < -0.3 is 26.0 Å². The Morgan fingerprint density at radius 1 is 1.11 bits per heavy atom. The van der Waals surface area contributed by atoms with Crippen LogP contribution < -0.4 is 21.3 Å². The number of rotatable bonds is 6. The number of halogens is 1. The Hall–Kier alpha value is -4.02. The van der Waals surface area contributed by atoms with Crippen molar-refractivity contribution in [2.24, 2.45) is 0 Å². The molecule has 2 amide bonds. The Morgan fingerprint density at radius 2 is 1.89 bits per heavy atom. The third kappa shape index (κ3) is 4.79. The number of ether oxygens (including phenoxy) is 1. The highest BCUT2D eigenvalue weighted by Gasteiger charge is 2.25. The van der Waals surface area contributed by atoms with E-state index in [2.05, 4.69) is 15.0 Å². The monoisotopic (exact) mass is 491 g/mol. The van der Waals surface area contributed by atoms with Crippen molar-refractivity contribution in [3.63, 3.8) is 0 Å². The quantitative estimate of drug-likeness (QED) is 0.374. The van der Waals surface area contributed by atoms with Crippen LogP contribution in [0.2, 0.25) is 0 Å². The third-order valence-corrected chi connectivity index (χ3v) is 6.56. The van der Waals surface area contributed by atoms with E-state index < -0.39 is 17.8 Å². The molecule has 2 heterocycles. The minimum absolute atomic E-state index is 0.0490. The number of nitrogens with one attached hydrogen (secondary N) is 2. The Labute approximate surface area is 204 Å². The summed E-state index contributed by atoms with van der Waals surface area (Å²) in [6.07, 6.45) is 0. The SMILES string of the molecule is Nc1nsc2ccc(NC(C(=O)Nc3ccc(N4CCOCC4=O)cc3)c3ccccc3F)cc12. The molecule has 10 heteroatoms. The van der Waals surface area contributed by atoms with Gasteiger partial charge in [-0.3, -0.25) is 9.59 Å². The number of hydrogen-bond acceptors (Lipinski definition) is 7. The lowest BCUT2D eigenvalue weighted by atomic mass is 10.0. The smallest absolute Gasteiger partial charge is 0.253 e. The predicted octanol–water partition coefficient (Wildman–Crippen LogP) is 4.17. The molecule has 1 atom stereocenters. The van der Waals surface area contributed by atoms with Crippen LogP contribution in [0.15, 0.2) is 66.7 Å². The second-order valence-electron chi connectivity index (χ2n) is 8.01. The van der Waals surface area contributed by atoms with Gasteiger partial charge in [0.05, 0.1) is 11.3 Å². The summed E-state index contributed by atoms with van der Waals surface area (Å²) < 4.78 is 24.9. The maximum Gasteiger partial charge on any atom is 0.253 e. The summed E-state index contributed by atoms with van der Waals surface area (Å²) in [5.41, 5.74) is 8.00. The van der Waals surface area contributed by atoms with Gasteiger partial charge in [0, 0.05) is 34.6 Å². The van der Waals surface area contributed by atoms with Gasteiger partial charge in [-0.15, -0.1) is 0 Å². The third-order valence-electron chi connectivity index (χ3n) is 5.72. The van der Waals surface area contributed by atoms with Gasteiger partial charge in [-0.1, -0.05) is 18.2 Å². The zero-order chi connectivity index (χ0) is 24.4. The molecule has 1 unspecified atom stereocenters. The van der Waals surface area contributed by atoms with E-state index >= 15 is 0 Å². The first-order valence-corrected chi connectivity index (χ1v) is 11.7. The number of nitrogens with zero attached hydrogens (tertiary/aromatic N) is 2. The molecule has 4 N–H and O–H groups in total. The molecule has 178 valence electrons. The second-order valence-corrected chi connectivity index (χ2v) is 8.82. The number of morpholine rings is 1. The van der Waals surface area contributed by atoms with Crippen molar-refractivity contribution in [2.45, 2.75) is 6.04 Å². The van der Waals surface area contributed by atoms with Crippen molar-refractivity contribution in [2.75, 3.05) is 41.0 Å². The summed E-state index contributed by atoms with van der Waals surface area (Å²) in [6, 6.07) is 17.5. The first kappa shape index (κ1) is 22.8. The lowest BCUT2D eigenvalue weighted by molar-refractivity contribution is -0.125. The van der Waals surface area contributed by atoms with Gasteiger partial charge in [0.1, 0.15) is 24.3 Å². The van der Waals surface area contributed by atoms with Crippen LogP contribution in [0.1, 0.15) is 11.6 Å². The number of carbonyl (C=O) groups excluding carboxylic acids is 2. The molecule has 5 rings (SSSR count). The summed E-state index contributed by atoms with van der Waals surface area (Å²) in [4.78, 5) is 27.0. The van der Waals surface area contributed by atoms with E-state index in [1.807, 2.05) is 6.07 Å². The van der Waals surface area contributed by atoms with Crippen molar-refractivity contribution in [1.29, 1.82) is 0 Å². The van der Waals surface area contributed by atoms with Crippen LogP contribution in [-0.4, -0.2) is 35.9 Å². The Balaban J connectivity index is 1.39. The molecule has 0 bridgehead atoms. The van der Waals surface area contributed by atoms with Crippen LogP contribution in [0, 0.1) is 5.82 Å². The molecule has 0 aliphatic carbocycles. The van der Waals surface area contributed by atoms with Crippen LogP contribution in [0.25, 0.3) is 10.1 Å². The molecule has 0 saturated carbocycles. The predicted molar refractivity (Wildman–Crippen MR) is 135 cm³/mol. The normalized spacial score (nSPS) is 14.7. The van der Waals surface area contributed by atoms with Crippen LogP contribution in [0.3, 0.4) is 0 Å². The van der Waals surface area contributed by atoms with Gasteiger partial charge in [0.15, 0.2) is 0 Å². The maximum atomic E-state index is 14.7. The number of hydrogen-bond donors (Lipinski definition) is 3. The average Bonchev–Trinajstić information content (AvgIpc) is 3.24. The topological polar surface area (TPSA) is 110 Å². The lowest BCUT2D eigenvalue weighted by Gasteiger charge is -2.27. The van der Waals surface area contributed by atoms with E-state index in [-0.39, 0.29) is 18.1 Å². The fourth-order valence-electron chi connectivity index (χ4n) is 3.94. The van der Waals surface area contributed by atoms with Crippen molar-refractivity contribution < 1.29 is 18.7 Å². The average molecular weight is 492 g/mol. The molecule has 0 radical (unpaired) electrons. The van der Waals surface area contributed by atoms with Gasteiger partial charge in [-0.05, 0) is 60.1 Å². The molecule has 1 aliphatic heterocycles. The maximum absolute atomic E-state index is 14.7. The van der Waals surface area contributed by atoms with E-state index in [9.17, 15) is 14.0 Å². The number of amides is 2. The fourth-order valence-corrected chi connectivity index (χ4v) is 4.62. The molecule has 1 saturated heterocycles. The van der Waals surface area contributed by atoms with E-state index in [1.165, 1.54) is 17.6 Å². The van der Waals surface area contributed by atoms with Gasteiger partial charge in [-0.25, -0.2) is 4.39 Å². The highest BCUT2D eigenvalue weighted by Crippen LogP contribution is 2.30. The minimum Gasteiger partial charge on any atom is -0.382 e. The Kier molecular flexibility index (Phi) is 6.30. The van der Waals surface area contributed by atoms with E-state index in [1.54, 1.807) is 59.5 Å². The lowest BCUT2D eigenvalue weighted by Crippen LogP contribution is -2.41. The number of nitrogen functional groups attached to an aromatic ring is 1. The molecule has 3 aromatic carbocycles. The largest absolute Gasteiger partial charge is 0.382 e. The number of anilines is 4.